The largest absolute Gasteiger partial charge is 0.507 e. The van der Waals surface area contributed by atoms with Gasteiger partial charge >= 0.3 is 0 Å². The lowest BCUT2D eigenvalue weighted by Crippen LogP contribution is -2.84. The number of benzene rings is 2. The van der Waals surface area contributed by atoms with Crippen molar-refractivity contribution in [2.45, 2.75) is 51.5 Å². The van der Waals surface area contributed by atoms with Crippen LogP contribution in [0.5, 0.6) is 11.5 Å². The SMILES string of the molecule is COc1cccc(O)c1C[NH2+]CC1CCC(CCCc2nc(N(C)C)c3ccccc3n2)CC1. The average Bonchev–Trinajstić information content (AvgIpc) is 2.85. The van der Waals surface area contributed by atoms with Gasteiger partial charge in [0.25, 0.3) is 0 Å². The van der Waals surface area contributed by atoms with Gasteiger partial charge in [0.1, 0.15) is 29.7 Å². The molecular weight excluding hydrogens is 424 g/mol. The van der Waals surface area contributed by atoms with Crippen LogP contribution in [-0.4, -0.2) is 42.8 Å². The van der Waals surface area contributed by atoms with E-state index >= 15 is 0 Å². The molecule has 0 aliphatic heterocycles. The topological polar surface area (TPSA) is 75.1 Å². The number of quaternary nitrogens is 1. The number of ether oxygens (including phenoxy) is 1. The van der Waals surface area contributed by atoms with Gasteiger partial charge in [-0.3, -0.25) is 0 Å². The number of aromatic hydroxyl groups is 1. The lowest BCUT2D eigenvalue weighted by atomic mass is 9.80. The molecule has 3 N–H and O–H groups in total. The number of rotatable bonds is 10. The van der Waals surface area contributed by atoms with Crippen molar-refractivity contribution in [3.63, 3.8) is 0 Å². The van der Waals surface area contributed by atoms with Gasteiger partial charge in [0, 0.05) is 31.8 Å². The third-order valence-corrected chi connectivity index (χ3v) is 7.21. The molecule has 0 bridgehead atoms. The zero-order valence-electron chi connectivity index (χ0n) is 20.8. The fraction of sp³-hybridized carbons (Fsp3) is 0.500. The quantitative estimate of drug-likeness (QED) is 0.469. The summed E-state index contributed by atoms with van der Waals surface area (Å²) in [4.78, 5) is 11.8. The van der Waals surface area contributed by atoms with E-state index in [1.165, 1.54) is 32.1 Å². The highest BCUT2D eigenvalue weighted by molar-refractivity contribution is 5.89. The van der Waals surface area contributed by atoms with Crippen LogP contribution in [0.15, 0.2) is 42.5 Å². The predicted molar refractivity (Wildman–Crippen MR) is 137 cm³/mol. The van der Waals surface area contributed by atoms with Crippen LogP contribution in [0.25, 0.3) is 10.9 Å². The van der Waals surface area contributed by atoms with Crippen LogP contribution in [0, 0.1) is 11.8 Å². The molecule has 6 heteroatoms. The molecule has 1 saturated carbocycles. The van der Waals surface area contributed by atoms with Crippen molar-refractivity contribution < 1.29 is 15.2 Å². The van der Waals surface area contributed by atoms with E-state index in [4.69, 9.17) is 14.7 Å². The van der Waals surface area contributed by atoms with E-state index in [1.54, 1.807) is 13.2 Å². The summed E-state index contributed by atoms with van der Waals surface area (Å²) in [5.74, 6) is 4.66. The first-order chi connectivity index (χ1) is 16.5. The van der Waals surface area contributed by atoms with Crippen LogP contribution in [0.1, 0.15) is 49.9 Å². The minimum atomic E-state index is 0.326. The van der Waals surface area contributed by atoms with Crippen molar-refractivity contribution in [3.05, 3.63) is 53.9 Å². The number of phenolic OH excluding ortho intramolecular Hbond substituents is 1. The molecular formula is C28H39N4O2+. The zero-order valence-corrected chi connectivity index (χ0v) is 20.8. The Morgan fingerprint density at radius 3 is 2.53 bits per heavy atom. The maximum Gasteiger partial charge on any atom is 0.139 e. The Morgan fingerprint density at radius 2 is 1.76 bits per heavy atom. The Balaban J connectivity index is 1.20. The predicted octanol–water partition coefficient (Wildman–Crippen LogP) is 4.30. The summed E-state index contributed by atoms with van der Waals surface area (Å²) in [6.45, 7) is 1.87. The second-order valence-corrected chi connectivity index (χ2v) is 9.84. The Hall–Kier alpha value is -2.86. The molecule has 1 fully saturated rings. The van der Waals surface area contributed by atoms with Gasteiger partial charge in [0.15, 0.2) is 0 Å². The number of hydrogen-bond donors (Lipinski definition) is 2. The number of methoxy groups -OCH3 is 1. The highest BCUT2D eigenvalue weighted by Crippen LogP contribution is 2.32. The minimum Gasteiger partial charge on any atom is -0.507 e. The lowest BCUT2D eigenvalue weighted by molar-refractivity contribution is -0.676. The molecule has 3 aromatic rings. The molecule has 4 rings (SSSR count). The van der Waals surface area contributed by atoms with Gasteiger partial charge in [-0.25, -0.2) is 9.97 Å². The average molecular weight is 464 g/mol. The molecule has 0 amide bonds. The number of hydrogen-bond acceptors (Lipinski definition) is 5. The number of aryl methyl sites for hydroxylation is 1. The summed E-state index contributed by atoms with van der Waals surface area (Å²) in [6, 6.07) is 13.8. The van der Waals surface area contributed by atoms with Crippen LogP contribution in [0.4, 0.5) is 5.82 Å². The molecule has 0 unspecified atom stereocenters. The van der Waals surface area contributed by atoms with E-state index in [1.807, 2.05) is 32.3 Å². The second kappa shape index (κ2) is 11.5. The zero-order chi connectivity index (χ0) is 23.9. The van der Waals surface area contributed by atoms with Crippen molar-refractivity contribution >= 4 is 16.7 Å². The first-order valence-corrected chi connectivity index (χ1v) is 12.6. The summed E-state index contributed by atoms with van der Waals surface area (Å²) in [5.41, 5.74) is 1.93. The van der Waals surface area contributed by atoms with E-state index in [2.05, 4.69) is 28.4 Å². The number of nitrogens with two attached hydrogens (primary N) is 1. The maximum absolute atomic E-state index is 10.1. The van der Waals surface area contributed by atoms with Crippen molar-refractivity contribution in [2.75, 3.05) is 32.6 Å². The Kier molecular flexibility index (Phi) is 8.22. The van der Waals surface area contributed by atoms with Crippen molar-refractivity contribution in [2.24, 2.45) is 11.8 Å². The molecule has 0 saturated heterocycles. The summed E-state index contributed by atoms with van der Waals surface area (Å²) in [6.07, 6.45) is 8.60. The van der Waals surface area contributed by atoms with E-state index in [9.17, 15) is 5.11 Å². The molecule has 34 heavy (non-hydrogen) atoms. The van der Waals surface area contributed by atoms with Crippen LogP contribution < -0.4 is 15.0 Å². The fourth-order valence-corrected chi connectivity index (χ4v) is 5.28. The van der Waals surface area contributed by atoms with E-state index < -0.39 is 0 Å². The molecule has 182 valence electrons. The highest BCUT2D eigenvalue weighted by atomic mass is 16.5. The first kappa shape index (κ1) is 24.3. The molecule has 6 nitrogen and oxygen atoms in total. The van der Waals surface area contributed by atoms with Crippen LogP contribution in [0.2, 0.25) is 0 Å². The van der Waals surface area contributed by atoms with E-state index in [-0.39, 0.29) is 0 Å². The van der Waals surface area contributed by atoms with E-state index in [0.717, 1.165) is 71.6 Å². The fourth-order valence-electron chi connectivity index (χ4n) is 5.28. The van der Waals surface area contributed by atoms with Gasteiger partial charge in [-0.15, -0.1) is 0 Å². The van der Waals surface area contributed by atoms with Gasteiger partial charge in [-0.05, 0) is 62.3 Å². The summed E-state index contributed by atoms with van der Waals surface area (Å²) in [7, 11) is 5.76. The van der Waals surface area contributed by atoms with Crippen LogP contribution in [-0.2, 0) is 13.0 Å². The lowest BCUT2D eigenvalue weighted by Gasteiger charge is -2.27. The Labute approximate surface area is 203 Å². The Bertz CT molecular complexity index is 1080. The summed E-state index contributed by atoms with van der Waals surface area (Å²) in [5, 5.41) is 13.6. The summed E-state index contributed by atoms with van der Waals surface area (Å²) < 4.78 is 5.40. The second-order valence-electron chi connectivity index (χ2n) is 9.84. The number of anilines is 1. The number of aromatic nitrogens is 2. The molecule has 1 aromatic heterocycles. The third-order valence-electron chi connectivity index (χ3n) is 7.21. The van der Waals surface area contributed by atoms with Gasteiger partial charge in [-0.1, -0.05) is 24.6 Å². The normalized spacial score (nSPS) is 18.2. The smallest absolute Gasteiger partial charge is 0.139 e. The molecule has 0 atom stereocenters. The van der Waals surface area contributed by atoms with Crippen molar-refractivity contribution in [1.29, 1.82) is 0 Å². The van der Waals surface area contributed by atoms with Gasteiger partial charge in [0.2, 0.25) is 0 Å². The standard InChI is InChI=1S/C28H38N4O2/c1-32(2)28-22-9-4-5-10-24(22)30-27(31-28)13-6-8-20-14-16-21(17-15-20)18-29-19-23-25(33)11-7-12-26(23)34-3/h4-5,7,9-12,20-21,29,33H,6,8,13-19H2,1-3H3/p+1. The highest BCUT2D eigenvalue weighted by Gasteiger charge is 2.22. The number of fused-ring (bicyclic) bond motifs is 1. The summed E-state index contributed by atoms with van der Waals surface area (Å²) >= 11 is 0. The monoisotopic (exact) mass is 463 g/mol. The van der Waals surface area contributed by atoms with Gasteiger partial charge < -0.3 is 20.1 Å². The first-order valence-electron chi connectivity index (χ1n) is 12.6. The number of nitrogens with zero attached hydrogens (tertiary/aromatic N) is 3. The molecule has 1 aliphatic rings. The minimum absolute atomic E-state index is 0.326. The maximum atomic E-state index is 10.1. The van der Waals surface area contributed by atoms with Crippen molar-refractivity contribution in [1.82, 2.24) is 9.97 Å². The molecule has 0 spiro atoms. The molecule has 1 heterocycles. The molecule has 1 aliphatic carbocycles. The Morgan fingerprint density at radius 1 is 1.00 bits per heavy atom. The molecule has 0 radical (unpaired) electrons. The van der Waals surface area contributed by atoms with Gasteiger partial charge in [-0.2, -0.15) is 0 Å². The van der Waals surface area contributed by atoms with Gasteiger partial charge in [0.05, 0.1) is 24.7 Å². The number of para-hydroxylation sites is 1. The van der Waals surface area contributed by atoms with E-state index in [0.29, 0.717) is 5.75 Å². The van der Waals surface area contributed by atoms with Crippen molar-refractivity contribution in [3.8, 4) is 11.5 Å². The molecule has 2 aromatic carbocycles. The number of phenols is 1. The third kappa shape index (κ3) is 5.98. The van der Waals surface area contributed by atoms with Crippen LogP contribution >= 0.6 is 0 Å². The van der Waals surface area contributed by atoms with Crippen LogP contribution in [0.3, 0.4) is 0 Å².